The van der Waals surface area contributed by atoms with Crippen LogP contribution >= 0.6 is 0 Å². The molecular formula is C28H22O4. The molecular weight excluding hydrogens is 400 g/mol. The molecule has 4 rings (SSSR count). The number of aliphatic hydroxyl groups is 1. The van der Waals surface area contributed by atoms with Gasteiger partial charge < -0.3 is 9.84 Å². The maximum absolute atomic E-state index is 13.0. The Kier molecular flexibility index (Phi) is 6.24. The van der Waals surface area contributed by atoms with Crippen molar-refractivity contribution in [1.82, 2.24) is 0 Å². The fraction of sp³-hybridized carbons (Fsp3) is 0.0714. The average Bonchev–Trinajstić information content (AvgIpc) is 2.88. The standard InChI is InChI=1S/C28H22O4/c29-25(21-13-5-1-6-14-21)27(30)32-26(22-15-7-2-8-16-22)28(31,23-17-9-3-10-18-23)24-19-11-4-12-20-24/h1-20,26,31H/t26-/m1/s1. The highest BCUT2D eigenvalue weighted by Gasteiger charge is 2.44. The lowest BCUT2D eigenvalue weighted by atomic mass is 9.79. The van der Waals surface area contributed by atoms with Crippen molar-refractivity contribution < 1.29 is 19.4 Å². The quantitative estimate of drug-likeness (QED) is 0.256. The second-order valence-electron chi connectivity index (χ2n) is 7.39. The zero-order valence-electron chi connectivity index (χ0n) is 17.3. The number of ether oxygens (including phenoxy) is 1. The average molecular weight is 422 g/mol. The Bertz CT molecular complexity index is 1130. The van der Waals surface area contributed by atoms with Crippen molar-refractivity contribution in [3.63, 3.8) is 0 Å². The summed E-state index contributed by atoms with van der Waals surface area (Å²) in [6, 6.07) is 35.2. The fourth-order valence-electron chi connectivity index (χ4n) is 3.74. The van der Waals surface area contributed by atoms with Crippen LogP contribution in [-0.4, -0.2) is 16.9 Å². The monoisotopic (exact) mass is 422 g/mol. The van der Waals surface area contributed by atoms with Crippen LogP contribution in [0.1, 0.15) is 33.2 Å². The molecule has 0 saturated carbocycles. The van der Waals surface area contributed by atoms with Gasteiger partial charge in [-0.05, 0) is 16.7 Å². The summed E-state index contributed by atoms with van der Waals surface area (Å²) in [6.45, 7) is 0. The Labute approximate surface area is 186 Å². The van der Waals surface area contributed by atoms with Crippen LogP contribution in [0, 0.1) is 0 Å². The Morgan fingerprint density at radius 2 is 1.03 bits per heavy atom. The zero-order chi connectivity index (χ0) is 22.4. The fourth-order valence-corrected chi connectivity index (χ4v) is 3.74. The lowest BCUT2D eigenvalue weighted by molar-refractivity contribution is -0.157. The Hall–Kier alpha value is -4.02. The Morgan fingerprint density at radius 1 is 0.625 bits per heavy atom. The maximum Gasteiger partial charge on any atom is 0.380 e. The van der Waals surface area contributed by atoms with Gasteiger partial charge in [0.25, 0.3) is 5.78 Å². The lowest BCUT2D eigenvalue weighted by Crippen LogP contribution is -2.38. The summed E-state index contributed by atoms with van der Waals surface area (Å²) in [5.41, 5.74) is 0.153. The largest absolute Gasteiger partial charge is 0.448 e. The van der Waals surface area contributed by atoms with E-state index in [9.17, 15) is 14.7 Å². The first-order valence-corrected chi connectivity index (χ1v) is 10.3. The van der Waals surface area contributed by atoms with E-state index < -0.39 is 23.5 Å². The molecule has 4 nitrogen and oxygen atoms in total. The summed E-state index contributed by atoms with van der Waals surface area (Å²) in [4.78, 5) is 25.7. The number of benzene rings is 4. The predicted molar refractivity (Wildman–Crippen MR) is 122 cm³/mol. The van der Waals surface area contributed by atoms with Crippen LogP contribution in [0.2, 0.25) is 0 Å². The number of esters is 1. The van der Waals surface area contributed by atoms with Crippen molar-refractivity contribution in [2.45, 2.75) is 11.7 Å². The van der Waals surface area contributed by atoms with Crippen LogP contribution in [0.4, 0.5) is 0 Å². The van der Waals surface area contributed by atoms with Crippen LogP contribution in [0.15, 0.2) is 121 Å². The maximum atomic E-state index is 13.0. The molecule has 0 radical (unpaired) electrons. The summed E-state index contributed by atoms with van der Waals surface area (Å²) in [6.07, 6.45) is -1.16. The van der Waals surface area contributed by atoms with Crippen LogP contribution in [0.3, 0.4) is 0 Å². The minimum absolute atomic E-state index is 0.229. The lowest BCUT2D eigenvalue weighted by Gasteiger charge is -2.36. The molecule has 32 heavy (non-hydrogen) atoms. The van der Waals surface area contributed by atoms with E-state index in [0.29, 0.717) is 16.7 Å². The summed E-state index contributed by atoms with van der Waals surface area (Å²) in [5, 5.41) is 12.2. The molecule has 0 bridgehead atoms. The van der Waals surface area contributed by atoms with Gasteiger partial charge in [-0.15, -0.1) is 0 Å². The Balaban J connectivity index is 1.83. The van der Waals surface area contributed by atoms with Crippen LogP contribution in [-0.2, 0) is 15.1 Å². The van der Waals surface area contributed by atoms with Gasteiger partial charge in [-0.25, -0.2) is 4.79 Å². The number of carbonyl (C=O) groups is 2. The van der Waals surface area contributed by atoms with Crippen molar-refractivity contribution in [1.29, 1.82) is 0 Å². The molecule has 4 aromatic carbocycles. The van der Waals surface area contributed by atoms with Gasteiger partial charge in [-0.1, -0.05) is 121 Å². The van der Waals surface area contributed by atoms with Gasteiger partial charge in [-0.3, -0.25) is 4.79 Å². The second kappa shape index (κ2) is 9.41. The molecule has 0 spiro atoms. The van der Waals surface area contributed by atoms with Gasteiger partial charge in [0, 0.05) is 5.56 Å². The molecule has 158 valence electrons. The van der Waals surface area contributed by atoms with Gasteiger partial charge in [0.2, 0.25) is 0 Å². The number of rotatable bonds is 7. The third-order valence-electron chi connectivity index (χ3n) is 5.36. The third kappa shape index (κ3) is 4.22. The molecule has 0 aliphatic rings. The second-order valence-corrected chi connectivity index (χ2v) is 7.39. The molecule has 0 amide bonds. The first-order chi connectivity index (χ1) is 15.6. The summed E-state index contributed by atoms with van der Waals surface area (Å²) in [5.74, 6) is -1.80. The smallest absolute Gasteiger partial charge is 0.380 e. The van der Waals surface area contributed by atoms with E-state index in [-0.39, 0.29) is 5.56 Å². The molecule has 0 fully saturated rings. The molecule has 0 aliphatic carbocycles. The van der Waals surface area contributed by atoms with Gasteiger partial charge in [0.15, 0.2) is 11.7 Å². The van der Waals surface area contributed by atoms with Crippen molar-refractivity contribution >= 4 is 11.8 Å². The highest BCUT2D eigenvalue weighted by atomic mass is 16.6. The molecule has 1 N–H and O–H groups in total. The van der Waals surface area contributed by atoms with E-state index in [2.05, 4.69) is 0 Å². The van der Waals surface area contributed by atoms with Gasteiger partial charge in [0.1, 0.15) is 0 Å². The SMILES string of the molecule is O=C(O[C@H](c1ccccc1)C(O)(c1ccccc1)c1ccccc1)C(=O)c1ccccc1. The highest BCUT2D eigenvalue weighted by Crippen LogP contribution is 2.43. The summed E-state index contributed by atoms with van der Waals surface area (Å²) in [7, 11) is 0. The minimum Gasteiger partial charge on any atom is -0.448 e. The molecule has 0 aliphatic heterocycles. The van der Waals surface area contributed by atoms with Crippen molar-refractivity contribution in [2.75, 3.05) is 0 Å². The van der Waals surface area contributed by atoms with E-state index in [1.807, 2.05) is 42.5 Å². The first-order valence-electron chi connectivity index (χ1n) is 10.3. The number of carbonyl (C=O) groups excluding carboxylic acids is 2. The number of ketones is 1. The van der Waals surface area contributed by atoms with Crippen LogP contribution in [0.5, 0.6) is 0 Å². The van der Waals surface area contributed by atoms with E-state index >= 15 is 0 Å². The summed E-state index contributed by atoms with van der Waals surface area (Å²) >= 11 is 0. The number of hydrogen-bond acceptors (Lipinski definition) is 4. The van der Waals surface area contributed by atoms with Gasteiger partial charge >= 0.3 is 5.97 Å². The molecule has 0 saturated heterocycles. The van der Waals surface area contributed by atoms with Gasteiger partial charge in [-0.2, -0.15) is 0 Å². The molecule has 4 heteroatoms. The number of Topliss-reactive ketones (excluding diaryl/α,β-unsaturated/α-hetero) is 1. The Morgan fingerprint density at radius 3 is 1.50 bits per heavy atom. The first kappa shape index (κ1) is 21.2. The molecule has 0 aromatic heterocycles. The van der Waals surface area contributed by atoms with Gasteiger partial charge in [0.05, 0.1) is 0 Å². The van der Waals surface area contributed by atoms with E-state index in [0.717, 1.165) is 0 Å². The normalized spacial score (nSPS) is 12.0. The van der Waals surface area contributed by atoms with Crippen molar-refractivity contribution in [2.24, 2.45) is 0 Å². The van der Waals surface area contributed by atoms with E-state index in [1.165, 1.54) is 0 Å². The third-order valence-corrected chi connectivity index (χ3v) is 5.36. The molecule has 4 aromatic rings. The number of hydrogen-bond donors (Lipinski definition) is 1. The molecule has 1 atom stereocenters. The molecule has 0 heterocycles. The minimum atomic E-state index is -1.73. The predicted octanol–water partition coefficient (Wildman–Crippen LogP) is 5.09. The molecule has 0 unspecified atom stereocenters. The van der Waals surface area contributed by atoms with Crippen LogP contribution in [0.25, 0.3) is 0 Å². The highest BCUT2D eigenvalue weighted by molar-refractivity contribution is 6.40. The van der Waals surface area contributed by atoms with Crippen molar-refractivity contribution in [3.8, 4) is 0 Å². The topological polar surface area (TPSA) is 63.6 Å². The summed E-state index contributed by atoms with van der Waals surface area (Å²) < 4.78 is 5.79. The van der Waals surface area contributed by atoms with Crippen LogP contribution < -0.4 is 0 Å². The van der Waals surface area contributed by atoms with E-state index in [1.54, 1.807) is 78.9 Å². The van der Waals surface area contributed by atoms with Crippen molar-refractivity contribution in [3.05, 3.63) is 144 Å². The zero-order valence-corrected chi connectivity index (χ0v) is 17.3. The van der Waals surface area contributed by atoms with E-state index in [4.69, 9.17) is 4.74 Å².